The van der Waals surface area contributed by atoms with Crippen LogP contribution in [0.1, 0.15) is 364 Å². The summed E-state index contributed by atoms with van der Waals surface area (Å²) in [6.07, 6.45) is 45.9. The fourth-order valence-electron chi connectivity index (χ4n) is 11.0. The van der Waals surface area contributed by atoms with Gasteiger partial charge in [0.25, 0.3) is 0 Å². The number of aliphatic hydroxyl groups excluding tert-OH is 1. The largest absolute Gasteiger partial charge is 0.472 e. The molecule has 0 fully saturated rings. The van der Waals surface area contributed by atoms with Crippen LogP contribution in [-0.2, 0) is 65.4 Å². The summed E-state index contributed by atoms with van der Waals surface area (Å²) >= 11 is 0. The van der Waals surface area contributed by atoms with Gasteiger partial charge >= 0.3 is 39.5 Å². The number of rotatable bonds is 70. The second-order valence-corrected chi connectivity index (χ2v) is 31.1. The van der Waals surface area contributed by atoms with E-state index in [1.807, 2.05) is 0 Å². The van der Waals surface area contributed by atoms with Gasteiger partial charge in [-0.15, -0.1) is 0 Å². The van der Waals surface area contributed by atoms with Gasteiger partial charge in [-0.05, 0) is 49.4 Å². The summed E-state index contributed by atoms with van der Waals surface area (Å²) in [5.74, 6) is 0.859. The molecule has 0 heterocycles. The molecule has 3 N–H and O–H groups in total. The van der Waals surface area contributed by atoms with Crippen LogP contribution in [0.3, 0.4) is 0 Å². The first-order chi connectivity index (χ1) is 44.1. The maximum absolute atomic E-state index is 13.1. The van der Waals surface area contributed by atoms with Crippen molar-refractivity contribution in [3.63, 3.8) is 0 Å². The number of hydrogen-bond donors (Lipinski definition) is 3. The number of carbonyl (C=O) groups is 4. The summed E-state index contributed by atoms with van der Waals surface area (Å²) in [7, 11) is -9.91. The van der Waals surface area contributed by atoms with Crippen LogP contribution in [-0.4, -0.2) is 96.7 Å². The van der Waals surface area contributed by atoms with Crippen LogP contribution in [0.2, 0.25) is 0 Å². The van der Waals surface area contributed by atoms with Gasteiger partial charge in [-0.1, -0.05) is 312 Å². The molecule has 546 valence electrons. The minimum Gasteiger partial charge on any atom is -0.462 e. The van der Waals surface area contributed by atoms with Crippen molar-refractivity contribution in [2.45, 2.75) is 382 Å². The van der Waals surface area contributed by atoms with Gasteiger partial charge in [0.05, 0.1) is 26.4 Å². The zero-order chi connectivity index (χ0) is 68.2. The zero-order valence-electron chi connectivity index (χ0n) is 60.2. The van der Waals surface area contributed by atoms with Gasteiger partial charge in [-0.2, -0.15) is 0 Å². The molecule has 2 unspecified atom stereocenters. The van der Waals surface area contributed by atoms with E-state index in [4.69, 9.17) is 37.0 Å². The van der Waals surface area contributed by atoms with Crippen molar-refractivity contribution < 1.29 is 80.2 Å². The van der Waals surface area contributed by atoms with E-state index in [0.29, 0.717) is 31.6 Å². The van der Waals surface area contributed by atoms with E-state index in [1.54, 1.807) is 0 Å². The third-order valence-electron chi connectivity index (χ3n) is 16.8. The number of phosphoric ester groups is 2. The maximum atomic E-state index is 13.1. The number of aliphatic hydroxyl groups is 1. The lowest BCUT2D eigenvalue weighted by atomic mass is 10.0. The lowest BCUT2D eigenvalue weighted by molar-refractivity contribution is -0.161. The summed E-state index contributed by atoms with van der Waals surface area (Å²) in [4.78, 5) is 72.6. The van der Waals surface area contributed by atoms with E-state index >= 15 is 0 Å². The molecule has 19 heteroatoms. The molecule has 0 rings (SSSR count). The van der Waals surface area contributed by atoms with Gasteiger partial charge in [-0.3, -0.25) is 37.3 Å². The average molecular weight is 1350 g/mol. The highest BCUT2D eigenvalue weighted by Crippen LogP contribution is 2.45. The Morgan fingerprint density at radius 1 is 0.272 bits per heavy atom. The number of phosphoric acid groups is 2. The van der Waals surface area contributed by atoms with Crippen molar-refractivity contribution >= 4 is 39.5 Å². The van der Waals surface area contributed by atoms with Crippen molar-refractivity contribution in [1.29, 1.82) is 0 Å². The number of hydrogen-bond acceptors (Lipinski definition) is 15. The van der Waals surface area contributed by atoms with Crippen LogP contribution in [0.15, 0.2) is 0 Å². The predicted octanol–water partition coefficient (Wildman–Crippen LogP) is 20.9. The van der Waals surface area contributed by atoms with E-state index in [2.05, 4.69) is 55.4 Å². The van der Waals surface area contributed by atoms with Crippen LogP contribution in [0.25, 0.3) is 0 Å². The van der Waals surface area contributed by atoms with Crippen molar-refractivity contribution in [3.05, 3.63) is 0 Å². The number of ether oxygens (including phenoxy) is 4. The fraction of sp³-hybridized carbons (Fsp3) is 0.945. The Hall–Kier alpha value is -1.94. The molecule has 0 radical (unpaired) electrons. The van der Waals surface area contributed by atoms with Gasteiger partial charge in [0.15, 0.2) is 12.2 Å². The Morgan fingerprint density at radius 3 is 0.674 bits per heavy atom. The maximum Gasteiger partial charge on any atom is 0.472 e. The highest BCUT2D eigenvalue weighted by atomic mass is 31.2. The molecule has 0 aliphatic heterocycles. The topological polar surface area (TPSA) is 237 Å². The second kappa shape index (κ2) is 62.6. The summed E-state index contributed by atoms with van der Waals surface area (Å²) < 4.78 is 68.4. The normalized spacial score (nSPS) is 14.2. The third kappa shape index (κ3) is 66.7. The molecule has 17 nitrogen and oxygen atoms in total. The molecule has 0 aromatic carbocycles. The number of unbranched alkanes of at least 4 members (excludes halogenated alkanes) is 36. The SMILES string of the molecule is CC(C)CCCCCCCCCCCCCCCCC(=O)O[C@H](COC(=O)CCCCCCCCCCCCC(C)C)COP(=O)(O)OC[C@@H](O)COP(=O)(O)OC[C@@H](COC(=O)CCCCCCCCC(C)C)OC(=O)CCCCCCCCCCCCC(C)C. The molecule has 0 bridgehead atoms. The Morgan fingerprint density at radius 2 is 0.457 bits per heavy atom. The van der Waals surface area contributed by atoms with E-state index < -0.39 is 97.5 Å². The van der Waals surface area contributed by atoms with Crippen molar-refractivity contribution in [3.8, 4) is 0 Å². The highest BCUT2D eigenvalue weighted by Gasteiger charge is 2.30. The van der Waals surface area contributed by atoms with Crippen LogP contribution in [0, 0.1) is 23.7 Å². The van der Waals surface area contributed by atoms with Crippen LogP contribution >= 0.6 is 15.6 Å². The molecule has 0 amide bonds. The smallest absolute Gasteiger partial charge is 0.462 e. The van der Waals surface area contributed by atoms with Crippen molar-refractivity contribution in [2.24, 2.45) is 23.7 Å². The lowest BCUT2D eigenvalue weighted by Gasteiger charge is -2.21. The quantitative estimate of drug-likeness (QED) is 0.0222. The van der Waals surface area contributed by atoms with Crippen LogP contribution in [0.4, 0.5) is 0 Å². The first kappa shape index (κ1) is 90.1. The standard InChI is InChI=1S/C73H142O17P2/c1-63(2)49-41-33-25-19-13-11-9-10-12-14-23-29-39-47-55-72(77)89-68(59-83-70(75)53-45-37-28-22-17-15-20-26-34-42-50-64(3)4)61-87-91(79,80)85-57-67(74)58-86-92(81,82)88-62-69(60-84-71(76)54-46-38-32-31-36-44-52-66(7)8)90-73(78)56-48-40-30-24-18-16-21-27-35-43-51-65(5)6/h63-69,74H,9-62H2,1-8H3,(H,79,80)(H,81,82)/t67-,68-,69-/m1/s1. The highest BCUT2D eigenvalue weighted by molar-refractivity contribution is 7.47. The molecule has 0 aliphatic rings. The van der Waals surface area contributed by atoms with E-state index in [-0.39, 0.29) is 25.7 Å². The van der Waals surface area contributed by atoms with Gasteiger partial charge in [-0.25, -0.2) is 9.13 Å². The summed E-state index contributed by atoms with van der Waals surface area (Å²) in [6, 6.07) is 0. The molecule has 0 saturated carbocycles. The fourth-order valence-corrected chi connectivity index (χ4v) is 12.6. The summed E-state index contributed by atoms with van der Waals surface area (Å²) in [6.45, 7) is 14.1. The van der Waals surface area contributed by atoms with Crippen LogP contribution < -0.4 is 0 Å². The lowest BCUT2D eigenvalue weighted by Crippen LogP contribution is -2.30. The predicted molar refractivity (Wildman–Crippen MR) is 372 cm³/mol. The van der Waals surface area contributed by atoms with E-state index in [0.717, 1.165) is 114 Å². The van der Waals surface area contributed by atoms with Gasteiger partial charge in [0, 0.05) is 25.7 Å². The van der Waals surface area contributed by atoms with Gasteiger partial charge in [0.1, 0.15) is 19.3 Å². The molecule has 92 heavy (non-hydrogen) atoms. The van der Waals surface area contributed by atoms with Crippen molar-refractivity contribution in [1.82, 2.24) is 0 Å². The third-order valence-corrected chi connectivity index (χ3v) is 18.7. The van der Waals surface area contributed by atoms with Crippen LogP contribution in [0.5, 0.6) is 0 Å². The molecular weight excluding hydrogens is 1210 g/mol. The Kier molecular flexibility index (Phi) is 61.3. The monoisotopic (exact) mass is 1350 g/mol. The van der Waals surface area contributed by atoms with E-state index in [9.17, 15) is 43.2 Å². The van der Waals surface area contributed by atoms with Crippen molar-refractivity contribution in [2.75, 3.05) is 39.6 Å². The zero-order valence-corrected chi connectivity index (χ0v) is 62.0. The molecule has 0 aromatic rings. The molecule has 0 saturated heterocycles. The minimum atomic E-state index is -4.96. The average Bonchev–Trinajstić information content (AvgIpc) is 2.47. The number of esters is 4. The first-order valence-corrected chi connectivity index (χ1v) is 40.7. The Bertz CT molecular complexity index is 1820. The summed E-state index contributed by atoms with van der Waals surface area (Å²) in [5.41, 5.74) is 0. The molecule has 5 atom stereocenters. The van der Waals surface area contributed by atoms with Gasteiger partial charge in [0.2, 0.25) is 0 Å². The molecule has 0 aromatic heterocycles. The number of carbonyl (C=O) groups excluding carboxylic acids is 4. The Balaban J connectivity index is 5.24. The summed E-state index contributed by atoms with van der Waals surface area (Å²) in [5, 5.41) is 10.6. The Labute approximate surface area is 562 Å². The molecular formula is C73H142O17P2. The molecule has 0 aliphatic carbocycles. The minimum absolute atomic E-state index is 0.104. The van der Waals surface area contributed by atoms with Gasteiger partial charge < -0.3 is 33.8 Å². The molecule has 0 spiro atoms. The van der Waals surface area contributed by atoms with E-state index in [1.165, 1.54) is 161 Å². The first-order valence-electron chi connectivity index (χ1n) is 37.7. The second-order valence-electron chi connectivity index (χ2n) is 28.2.